The Morgan fingerprint density at radius 2 is 1.78 bits per heavy atom. The number of methoxy groups -OCH3 is 1. The van der Waals surface area contributed by atoms with E-state index in [0.29, 0.717) is 31.0 Å². The molecule has 2 rings (SSSR count). The second-order valence-corrected chi connectivity index (χ2v) is 5.11. The number of amides is 1. The van der Waals surface area contributed by atoms with Gasteiger partial charge in [0.2, 0.25) is 0 Å². The molecule has 1 heterocycles. The second kappa shape index (κ2) is 7.60. The number of aryl methyl sites for hydroxylation is 1. The van der Waals surface area contributed by atoms with Crippen molar-refractivity contribution in [2.45, 2.75) is 13.5 Å². The van der Waals surface area contributed by atoms with E-state index < -0.39 is 5.97 Å². The molecule has 0 unspecified atom stereocenters. The lowest BCUT2D eigenvalue weighted by Gasteiger charge is -2.21. The number of carboxylic acids is 1. The molecule has 6 nitrogen and oxygen atoms in total. The highest BCUT2D eigenvalue weighted by Crippen LogP contribution is 2.13. The molecule has 0 aliphatic rings. The van der Waals surface area contributed by atoms with Crippen LogP contribution in [0.1, 0.15) is 32.2 Å². The van der Waals surface area contributed by atoms with Gasteiger partial charge in [-0.15, -0.1) is 0 Å². The minimum Gasteiger partial charge on any atom is -0.478 e. The van der Waals surface area contributed by atoms with Gasteiger partial charge in [0.15, 0.2) is 0 Å². The summed E-state index contributed by atoms with van der Waals surface area (Å²) in [6.45, 7) is 2.99. The summed E-state index contributed by atoms with van der Waals surface area (Å²) >= 11 is 0. The van der Waals surface area contributed by atoms with E-state index in [1.54, 1.807) is 12.0 Å². The first-order valence-corrected chi connectivity index (χ1v) is 7.18. The third kappa shape index (κ3) is 4.43. The van der Waals surface area contributed by atoms with Crippen LogP contribution in [0.15, 0.2) is 40.8 Å². The van der Waals surface area contributed by atoms with Crippen LogP contribution in [-0.4, -0.2) is 42.1 Å². The highest BCUT2D eigenvalue weighted by Gasteiger charge is 2.18. The highest BCUT2D eigenvalue weighted by atomic mass is 16.5. The van der Waals surface area contributed by atoms with Gasteiger partial charge in [0.05, 0.1) is 18.7 Å². The van der Waals surface area contributed by atoms with Crippen LogP contribution >= 0.6 is 0 Å². The number of hydrogen-bond donors (Lipinski definition) is 1. The number of nitrogens with zero attached hydrogens (tertiary/aromatic N) is 1. The van der Waals surface area contributed by atoms with Crippen LogP contribution in [0.3, 0.4) is 0 Å². The van der Waals surface area contributed by atoms with Crippen LogP contribution in [0.4, 0.5) is 0 Å². The van der Waals surface area contributed by atoms with Crippen molar-refractivity contribution >= 4 is 11.9 Å². The Labute approximate surface area is 134 Å². The average Bonchev–Trinajstić information content (AvgIpc) is 2.96. The van der Waals surface area contributed by atoms with Gasteiger partial charge in [-0.05, 0) is 43.3 Å². The van der Waals surface area contributed by atoms with E-state index in [1.165, 1.54) is 24.3 Å². The summed E-state index contributed by atoms with van der Waals surface area (Å²) in [5, 5.41) is 8.91. The first-order valence-electron chi connectivity index (χ1n) is 7.18. The maximum atomic E-state index is 12.6. The molecule has 2 aromatic rings. The summed E-state index contributed by atoms with van der Waals surface area (Å²) in [6, 6.07) is 9.53. The molecule has 23 heavy (non-hydrogen) atoms. The average molecular weight is 317 g/mol. The molecule has 1 amide bonds. The Morgan fingerprint density at radius 3 is 2.30 bits per heavy atom. The Kier molecular flexibility index (Phi) is 5.54. The highest BCUT2D eigenvalue weighted by molar-refractivity contribution is 5.95. The van der Waals surface area contributed by atoms with Gasteiger partial charge >= 0.3 is 5.97 Å². The number of carbonyl (C=O) groups is 2. The zero-order valence-electron chi connectivity index (χ0n) is 13.1. The van der Waals surface area contributed by atoms with Crippen molar-refractivity contribution in [1.82, 2.24) is 4.90 Å². The van der Waals surface area contributed by atoms with Crippen LogP contribution in [0.2, 0.25) is 0 Å². The molecule has 0 atom stereocenters. The number of carboxylic acid groups (broad SMARTS) is 1. The van der Waals surface area contributed by atoms with E-state index in [1.807, 2.05) is 19.1 Å². The molecule has 0 bridgehead atoms. The predicted octanol–water partition coefficient (Wildman–Crippen LogP) is 2.58. The summed E-state index contributed by atoms with van der Waals surface area (Å²) in [5.41, 5.74) is 0.570. The first kappa shape index (κ1) is 16.8. The summed E-state index contributed by atoms with van der Waals surface area (Å²) in [5.74, 6) is 0.249. The van der Waals surface area contributed by atoms with Crippen molar-refractivity contribution < 1.29 is 23.8 Å². The molecule has 1 aromatic heterocycles. The van der Waals surface area contributed by atoms with Crippen molar-refractivity contribution in [3.05, 3.63) is 59.0 Å². The fourth-order valence-corrected chi connectivity index (χ4v) is 2.15. The normalized spacial score (nSPS) is 10.5. The number of rotatable bonds is 7. The summed E-state index contributed by atoms with van der Waals surface area (Å²) in [7, 11) is 1.57. The quantitative estimate of drug-likeness (QED) is 0.849. The molecule has 0 fully saturated rings. The van der Waals surface area contributed by atoms with Crippen molar-refractivity contribution in [3.63, 3.8) is 0 Å². The van der Waals surface area contributed by atoms with Gasteiger partial charge in [-0.25, -0.2) is 4.79 Å². The molecule has 0 aliphatic heterocycles. The van der Waals surface area contributed by atoms with Crippen LogP contribution < -0.4 is 0 Å². The van der Waals surface area contributed by atoms with Gasteiger partial charge in [0, 0.05) is 19.2 Å². The standard InChI is InChI=1S/C17H19NO5/c1-12-3-8-15(23-12)11-18(9-10-22-2)16(19)13-4-6-14(7-5-13)17(20)21/h3-8H,9-11H2,1-2H3,(H,20,21). The third-order valence-electron chi connectivity index (χ3n) is 3.37. The van der Waals surface area contributed by atoms with E-state index in [-0.39, 0.29) is 11.5 Å². The molecular weight excluding hydrogens is 298 g/mol. The zero-order chi connectivity index (χ0) is 16.8. The maximum Gasteiger partial charge on any atom is 0.335 e. The van der Waals surface area contributed by atoms with E-state index in [4.69, 9.17) is 14.3 Å². The molecule has 0 saturated carbocycles. The van der Waals surface area contributed by atoms with Crippen molar-refractivity contribution in [1.29, 1.82) is 0 Å². The van der Waals surface area contributed by atoms with E-state index in [0.717, 1.165) is 5.76 Å². The predicted molar refractivity (Wildman–Crippen MR) is 83.5 cm³/mol. The lowest BCUT2D eigenvalue weighted by Crippen LogP contribution is -2.33. The van der Waals surface area contributed by atoms with Crippen LogP contribution in [0.25, 0.3) is 0 Å². The van der Waals surface area contributed by atoms with Gasteiger partial charge in [0.25, 0.3) is 5.91 Å². The van der Waals surface area contributed by atoms with E-state index >= 15 is 0 Å². The van der Waals surface area contributed by atoms with E-state index in [2.05, 4.69) is 0 Å². The molecule has 0 radical (unpaired) electrons. The maximum absolute atomic E-state index is 12.6. The van der Waals surface area contributed by atoms with Crippen LogP contribution in [0, 0.1) is 6.92 Å². The number of aromatic carboxylic acids is 1. The Bertz CT molecular complexity index is 675. The fraction of sp³-hybridized carbons (Fsp3) is 0.294. The zero-order valence-corrected chi connectivity index (χ0v) is 13.1. The molecule has 1 aromatic carbocycles. The largest absolute Gasteiger partial charge is 0.478 e. The molecule has 0 saturated heterocycles. The van der Waals surface area contributed by atoms with Crippen LogP contribution in [0.5, 0.6) is 0 Å². The van der Waals surface area contributed by atoms with Crippen LogP contribution in [-0.2, 0) is 11.3 Å². The number of ether oxygens (including phenoxy) is 1. The smallest absolute Gasteiger partial charge is 0.335 e. The molecular formula is C17H19NO5. The van der Waals surface area contributed by atoms with Gasteiger partial charge < -0.3 is 19.2 Å². The summed E-state index contributed by atoms with van der Waals surface area (Å²) in [4.78, 5) is 25.1. The first-order chi connectivity index (χ1) is 11.0. The molecule has 0 aliphatic carbocycles. The number of benzene rings is 1. The number of furan rings is 1. The lowest BCUT2D eigenvalue weighted by atomic mass is 10.1. The van der Waals surface area contributed by atoms with Gasteiger partial charge in [-0.2, -0.15) is 0 Å². The molecule has 6 heteroatoms. The van der Waals surface area contributed by atoms with Crippen molar-refractivity contribution in [2.75, 3.05) is 20.3 Å². The van der Waals surface area contributed by atoms with Gasteiger partial charge in [-0.3, -0.25) is 4.79 Å². The fourth-order valence-electron chi connectivity index (χ4n) is 2.15. The van der Waals surface area contributed by atoms with Crippen molar-refractivity contribution in [2.24, 2.45) is 0 Å². The summed E-state index contributed by atoms with van der Waals surface area (Å²) in [6.07, 6.45) is 0. The number of carbonyl (C=O) groups excluding carboxylic acids is 1. The third-order valence-corrected chi connectivity index (χ3v) is 3.37. The Hall–Kier alpha value is -2.60. The monoisotopic (exact) mass is 317 g/mol. The lowest BCUT2D eigenvalue weighted by molar-refractivity contribution is 0.0662. The summed E-state index contributed by atoms with van der Waals surface area (Å²) < 4.78 is 10.6. The Balaban J connectivity index is 2.16. The van der Waals surface area contributed by atoms with Gasteiger partial charge in [-0.1, -0.05) is 0 Å². The van der Waals surface area contributed by atoms with E-state index in [9.17, 15) is 9.59 Å². The topological polar surface area (TPSA) is 80.0 Å². The SMILES string of the molecule is COCCN(Cc1ccc(C)o1)C(=O)c1ccc(C(=O)O)cc1. The minimum absolute atomic E-state index is 0.145. The molecule has 0 spiro atoms. The Morgan fingerprint density at radius 1 is 1.13 bits per heavy atom. The number of hydrogen-bond acceptors (Lipinski definition) is 4. The second-order valence-electron chi connectivity index (χ2n) is 5.11. The van der Waals surface area contributed by atoms with Gasteiger partial charge in [0.1, 0.15) is 11.5 Å². The molecule has 122 valence electrons. The minimum atomic E-state index is -1.02. The van der Waals surface area contributed by atoms with Crippen molar-refractivity contribution in [3.8, 4) is 0 Å². The molecule has 1 N–H and O–H groups in total.